The van der Waals surface area contributed by atoms with Crippen LogP contribution in [0.2, 0.25) is 18.1 Å². The summed E-state index contributed by atoms with van der Waals surface area (Å²) in [6.45, 7) is 12.3. The Hall–Kier alpha value is -0.643. The molecule has 1 aromatic rings. The molecule has 1 rings (SSSR count). The van der Waals surface area contributed by atoms with E-state index in [1.807, 2.05) is 6.07 Å². The molecule has 0 aliphatic heterocycles. The molecule has 0 amide bonds. The molecule has 0 unspecified atom stereocenters. The molecule has 1 aromatic carbocycles. The fourth-order valence-electron chi connectivity index (χ4n) is 1.80. The van der Waals surface area contributed by atoms with E-state index in [4.69, 9.17) is 9.53 Å². The van der Waals surface area contributed by atoms with Crippen LogP contribution in [0.3, 0.4) is 0 Å². The maximum Gasteiger partial charge on any atom is 0.191 e. The molecule has 0 spiro atoms. The Labute approximate surface area is 118 Å². The monoisotopic (exact) mass is 280 g/mol. The molecule has 0 heterocycles. The van der Waals surface area contributed by atoms with Crippen LogP contribution in [0.5, 0.6) is 0 Å². The quantitative estimate of drug-likeness (QED) is 0.803. The van der Waals surface area contributed by atoms with Gasteiger partial charge in [-0.3, -0.25) is 0 Å². The van der Waals surface area contributed by atoms with Crippen molar-refractivity contribution in [3.8, 4) is 0 Å². The van der Waals surface area contributed by atoms with E-state index in [2.05, 4.69) is 52.1 Å². The van der Waals surface area contributed by atoms with Gasteiger partial charge in [-0.1, -0.05) is 45.0 Å². The van der Waals surface area contributed by atoms with E-state index in [0.29, 0.717) is 0 Å². The van der Waals surface area contributed by atoms with Gasteiger partial charge in [-0.2, -0.15) is 0 Å². The van der Waals surface area contributed by atoms with E-state index in [-0.39, 0.29) is 11.6 Å². The van der Waals surface area contributed by atoms with Gasteiger partial charge in [0.1, 0.15) is 0 Å². The SMILES string of the molecule is CC(C)(C)[Si](C)(C)OCCc1ccccc1CCO. The Kier molecular flexibility index (Phi) is 5.77. The zero-order valence-electron chi connectivity index (χ0n) is 13.0. The van der Waals surface area contributed by atoms with E-state index >= 15 is 0 Å². The minimum Gasteiger partial charge on any atom is -0.416 e. The molecule has 3 heteroatoms. The lowest BCUT2D eigenvalue weighted by atomic mass is 10.0. The van der Waals surface area contributed by atoms with Crippen LogP contribution in [0, 0.1) is 0 Å². The minimum atomic E-state index is -1.64. The summed E-state index contributed by atoms with van der Waals surface area (Å²) < 4.78 is 6.21. The predicted molar refractivity (Wildman–Crippen MR) is 84.1 cm³/mol. The van der Waals surface area contributed by atoms with Gasteiger partial charge in [0.2, 0.25) is 0 Å². The predicted octanol–water partition coefficient (Wildman–Crippen LogP) is 3.79. The zero-order chi connectivity index (χ0) is 14.5. The highest BCUT2D eigenvalue weighted by atomic mass is 28.4. The average molecular weight is 280 g/mol. The van der Waals surface area contributed by atoms with Gasteiger partial charge in [-0.15, -0.1) is 0 Å². The molecule has 0 bridgehead atoms. The summed E-state index contributed by atoms with van der Waals surface area (Å²) in [4.78, 5) is 0. The van der Waals surface area contributed by atoms with Crippen molar-refractivity contribution in [2.75, 3.05) is 13.2 Å². The summed E-state index contributed by atoms with van der Waals surface area (Å²) >= 11 is 0. The van der Waals surface area contributed by atoms with Crippen LogP contribution in [0.15, 0.2) is 24.3 Å². The number of aliphatic hydroxyl groups is 1. The summed E-state index contributed by atoms with van der Waals surface area (Å²) in [7, 11) is -1.64. The van der Waals surface area contributed by atoms with Crippen molar-refractivity contribution in [1.82, 2.24) is 0 Å². The smallest absolute Gasteiger partial charge is 0.191 e. The largest absolute Gasteiger partial charge is 0.416 e. The van der Waals surface area contributed by atoms with Gasteiger partial charge < -0.3 is 9.53 Å². The van der Waals surface area contributed by atoms with E-state index in [9.17, 15) is 0 Å². The fraction of sp³-hybridized carbons (Fsp3) is 0.625. The molecular weight excluding hydrogens is 252 g/mol. The van der Waals surface area contributed by atoms with Crippen molar-refractivity contribution < 1.29 is 9.53 Å². The van der Waals surface area contributed by atoms with E-state index in [1.165, 1.54) is 11.1 Å². The standard InChI is InChI=1S/C16H28O2Si/c1-16(2,3)19(4,5)18-13-11-15-9-7-6-8-14(15)10-12-17/h6-9,17H,10-13H2,1-5H3. The molecule has 0 aliphatic rings. The summed E-state index contributed by atoms with van der Waals surface area (Å²) in [5.74, 6) is 0. The molecule has 19 heavy (non-hydrogen) atoms. The van der Waals surface area contributed by atoms with E-state index in [1.54, 1.807) is 0 Å². The molecule has 2 nitrogen and oxygen atoms in total. The maximum absolute atomic E-state index is 9.08. The summed E-state index contributed by atoms with van der Waals surface area (Å²) in [6.07, 6.45) is 1.67. The minimum absolute atomic E-state index is 0.208. The van der Waals surface area contributed by atoms with Crippen LogP contribution in [-0.4, -0.2) is 26.6 Å². The Morgan fingerprint density at radius 2 is 1.58 bits per heavy atom. The lowest BCUT2D eigenvalue weighted by Gasteiger charge is -2.36. The fourth-order valence-corrected chi connectivity index (χ4v) is 2.84. The van der Waals surface area contributed by atoms with Gasteiger partial charge in [-0.05, 0) is 42.1 Å². The second-order valence-electron chi connectivity index (χ2n) is 6.60. The number of rotatable bonds is 6. The molecule has 0 radical (unpaired) electrons. The van der Waals surface area contributed by atoms with E-state index < -0.39 is 8.32 Å². The van der Waals surface area contributed by atoms with Crippen LogP contribution < -0.4 is 0 Å². The van der Waals surface area contributed by atoms with Crippen LogP contribution >= 0.6 is 0 Å². The molecule has 0 aliphatic carbocycles. The van der Waals surface area contributed by atoms with Gasteiger partial charge in [0.15, 0.2) is 8.32 Å². The van der Waals surface area contributed by atoms with Crippen LogP contribution in [0.1, 0.15) is 31.9 Å². The van der Waals surface area contributed by atoms with Crippen molar-refractivity contribution in [3.05, 3.63) is 35.4 Å². The summed E-state index contributed by atoms with van der Waals surface area (Å²) in [6, 6.07) is 8.32. The Bertz CT molecular complexity index is 394. The van der Waals surface area contributed by atoms with Gasteiger partial charge in [0.05, 0.1) is 0 Å². The van der Waals surface area contributed by atoms with E-state index in [0.717, 1.165) is 19.4 Å². The third-order valence-electron chi connectivity index (χ3n) is 4.14. The first-order chi connectivity index (χ1) is 8.78. The van der Waals surface area contributed by atoms with Crippen molar-refractivity contribution in [2.45, 2.75) is 51.7 Å². The first kappa shape index (κ1) is 16.4. The van der Waals surface area contributed by atoms with Crippen molar-refractivity contribution >= 4 is 8.32 Å². The van der Waals surface area contributed by atoms with Gasteiger partial charge in [0, 0.05) is 13.2 Å². The normalized spacial score (nSPS) is 12.7. The molecule has 108 valence electrons. The van der Waals surface area contributed by atoms with Crippen LogP contribution in [0.4, 0.5) is 0 Å². The Morgan fingerprint density at radius 3 is 2.05 bits per heavy atom. The number of hydrogen-bond donors (Lipinski definition) is 1. The molecular formula is C16H28O2Si. The number of benzene rings is 1. The van der Waals surface area contributed by atoms with Crippen LogP contribution in [-0.2, 0) is 17.3 Å². The highest BCUT2D eigenvalue weighted by molar-refractivity contribution is 6.74. The molecule has 0 atom stereocenters. The van der Waals surface area contributed by atoms with Gasteiger partial charge in [0.25, 0.3) is 0 Å². The second-order valence-corrected chi connectivity index (χ2v) is 11.4. The van der Waals surface area contributed by atoms with Crippen LogP contribution in [0.25, 0.3) is 0 Å². The van der Waals surface area contributed by atoms with Gasteiger partial charge in [-0.25, -0.2) is 0 Å². The zero-order valence-corrected chi connectivity index (χ0v) is 14.0. The Morgan fingerprint density at radius 1 is 1.05 bits per heavy atom. The first-order valence-electron chi connectivity index (χ1n) is 7.09. The molecule has 1 N–H and O–H groups in total. The molecule has 0 fully saturated rings. The maximum atomic E-state index is 9.08. The van der Waals surface area contributed by atoms with Gasteiger partial charge >= 0.3 is 0 Å². The third kappa shape index (κ3) is 4.75. The molecule has 0 aromatic heterocycles. The van der Waals surface area contributed by atoms with Crippen molar-refractivity contribution in [1.29, 1.82) is 0 Å². The first-order valence-corrected chi connectivity index (χ1v) is 10.0. The van der Waals surface area contributed by atoms with Crippen molar-refractivity contribution in [3.63, 3.8) is 0 Å². The Balaban J connectivity index is 2.59. The highest BCUT2D eigenvalue weighted by Gasteiger charge is 2.36. The molecule has 0 saturated heterocycles. The summed E-state index contributed by atoms with van der Waals surface area (Å²) in [5, 5.41) is 9.34. The number of hydrogen-bond acceptors (Lipinski definition) is 2. The lowest BCUT2D eigenvalue weighted by Crippen LogP contribution is -2.41. The van der Waals surface area contributed by atoms with Crippen molar-refractivity contribution in [2.24, 2.45) is 0 Å². The summed E-state index contributed by atoms with van der Waals surface area (Å²) in [5.41, 5.74) is 2.54. The lowest BCUT2D eigenvalue weighted by molar-refractivity contribution is 0.288. The molecule has 0 saturated carbocycles. The topological polar surface area (TPSA) is 29.5 Å². The second kappa shape index (κ2) is 6.68. The average Bonchev–Trinajstić information content (AvgIpc) is 2.30. The third-order valence-corrected chi connectivity index (χ3v) is 8.68. The highest BCUT2D eigenvalue weighted by Crippen LogP contribution is 2.36. The number of aliphatic hydroxyl groups excluding tert-OH is 1.